The van der Waals surface area contributed by atoms with E-state index in [2.05, 4.69) is 37.6 Å². The number of benzene rings is 2. The van der Waals surface area contributed by atoms with E-state index in [-0.39, 0.29) is 24.0 Å². The average molecular weight is 527 g/mol. The highest BCUT2D eigenvalue weighted by Gasteiger charge is 2.07. The molecule has 0 radical (unpaired) electrons. The first-order valence-electron chi connectivity index (χ1n) is 8.90. The number of hydrogen-bond acceptors (Lipinski definition) is 4. The fourth-order valence-corrected chi connectivity index (χ4v) is 2.88. The van der Waals surface area contributed by atoms with Crippen molar-refractivity contribution in [3.63, 3.8) is 0 Å². The molecule has 3 rings (SSSR count). The van der Waals surface area contributed by atoms with E-state index in [0.717, 1.165) is 28.7 Å². The Morgan fingerprint density at radius 2 is 2.07 bits per heavy atom. The highest BCUT2D eigenvalue weighted by molar-refractivity contribution is 14.0. The van der Waals surface area contributed by atoms with Crippen LogP contribution < -0.4 is 10.1 Å². The molecular weight excluding hydrogens is 503 g/mol. The minimum Gasteiger partial charge on any atom is -0.492 e. The first kappa shape index (κ1) is 23.0. The Labute approximate surface area is 192 Å². The van der Waals surface area contributed by atoms with Gasteiger partial charge in [0.25, 0.3) is 0 Å². The second-order valence-corrected chi connectivity index (χ2v) is 6.60. The lowest BCUT2D eigenvalue weighted by Crippen LogP contribution is -2.40. The number of likely N-dealkylation sites (N-methyl/N-ethyl adjacent to an activating group) is 1. The standard InChI is InChI=1S/C20H23ClN6O.HI/c1-22-20(27(2)9-10-28-18-8-4-7-17(21)12-18)23-13-15-5-3-6-16(11-15)19-24-14-25-26-19;/h3-8,11-12,14H,9-10,13H2,1-2H3,(H,22,23)(H,24,25,26);1H. The summed E-state index contributed by atoms with van der Waals surface area (Å²) in [5.74, 6) is 2.30. The molecule has 0 aliphatic carbocycles. The lowest BCUT2D eigenvalue weighted by molar-refractivity contribution is 0.281. The fraction of sp³-hybridized carbons (Fsp3) is 0.250. The van der Waals surface area contributed by atoms with Crippen LogP contribution in [0.4, 0.5) is 0 Å². The Kier molecular flexibility index (Phi) is 9.20. The molecule has 0 spiro atoms. The van der Waals surface area contributed by atoms with E-state index in [4.69, 9.17) is 16.3 Å². The number of aromatic nitrogens is 3. The Hall–Kier alpha value is -2.33. The summed E-state index contributed by atoms with van der Waals surface area (Å²) in [6, 6.07) is 15.5. The van der Waals surface area contributed by atoms with Gasteiger partial charge >= 0.3 is 0 Å². The molecule has 0 bridgehead atoms. The van der Waals surface area contributed by atoms with Crippen LogP contribution >= 0.6 is 35.6 Å². The largest absolute Gasteiger partial charge is 0.492 e. The molecule has 29 heavy (non-hydrogen) atoms. The van der Waals surface area contributed by atoms with Gasteiger partial charge < -0.3 is 15.0 Å². The normalized spacial score (nSPS) is 10.9. The maximum atomic E-state index is 5.97. The van der Waals surface area contributed by atoms with Crippen molar-refractivity contribution in [3.8, 4) is 17.1 Å². The van der Waals surface area contributed by atoms with E-state index < -0.39 is 0 Å². The van der Waals surface area contributed by atoms with Crippen LogP contribution in [0.5, 0.6) is 5.75 Å². The molecule has 0 aliphatic rings. The molecule has 2 aromatic carbocycles. The molecule has 154 valence electrons. The van der Waals surface area contributed by atoms with Gasteiger partial charge in [-0.3, -0.25) is 10.1 Å². The molecule has 1 aromatic heterocycles. The van der Waals surface area contributed by atoms with Crippen molar-refractivity contribution in [3.05, 3.63) is 65.4 Å². The highest BCUT2D eigenvalue weighted by Crippen LogP contribution is 2.17. The maximum Gasteiger partial charge on any atom is 0.193 e. The number of guanidine groups is 1. The van der Waals surface area contributed by atoms with E-state index in [1.165, 1.54) is 6.33 Å². The summed E-state index contributed by atoms with van der Waals surface area (Å²) >= 11 is 5.97. The summed E-state index contributed by atoms with van der Waals surface area (Å²) in [5.41, 5.74) is 2.12. The number of aromatic amines is 1. The van der Waals surface area contributed by atoms with Crippen molar-refractivity contribution in [2.45, 2.75) is 6.54 Å². The van der Waals surface area contributed by atoms with Gasteiger partial charge in [-0.2, -0.15) is 5.10 Å². The van der Waals surface area contributed by atoms with Gasteiger partial charge in [-0.1, -0.05) is 35.9 Å². The van der Waals surface area contributed by atoms with Gasteiger partial charge in [0.15, 0.2) is 11.8 Å². The summed E-state index contributed by atoms with van der Waals surface area (Å²) in [6.45, 7) is 1.86. The zero-order valence-corrected chi connectivity index (χ0v) is 19.4. The number of nitrogens with zero attached hydrogens (tertiary/aromatic N) is 4. The molecule has 0 aliphatic heterocycles. The average Bonchev–Trinajstić information content (AvgIpc) is 3.24. The molecule has 0 saturated carbocycles. The second-order valence-electron chi connectivity index (χ2n) is 6.16. The van der Waals surface area contributed by atoms with Crippen molar-refractivity contribution >= 4 is 41.5 Å². The van der Waals surface area contributed by atoms with Crippen molar-refractivity contribution in [2.24, 2.45) is 4.99 Å². The molecule has 0 amide bonds. The van der Waals surface area contributed by atoms with E-state index in [1.54, 1.807) is 13.1 Å². The molecule has 1 heterocycles. The van der Waals surface area contributed by atoms with Gasteiger partial charge in [0.2, 0.25) is 0 Å². The van der Waals surface area contributed by atoms with Crippen LogP contribution in [0.15, 0.2) is 59.9 Å². The molecule has 9 heteroatoms. The Morgan fingerprint density at radius 1 is 1.24 bits per heavy atom. The van der Waals surface area contributed by atoms with Crippen LogP contribution in [-0.2, 0) is 6.54 Å². The fourth-order valence-electron chi connectivity index (χ4n) is 2.70. The third-order valence-electron chi connectivity index (χ3n) is 4.13. The highest BCUT2D eigenvalue weighted by atomic mass is 127. The lowest BCUT2D eigenvalue weighted by atomic mass is 10.1. The molecule has 0 fully saturated rings. The SMILES string of the molecule is CN=C(NCc1cccc(-c2ncn[nH]2)c1)N(C)CCOc1cccc(Cl)c1.I. The van der Waals surface area contributed by atoms with E-state index in [1.807, 2.05) is 42.3 Å². The third-order valence-corrected chi connectivity index (χ3v) is 4.37. The summed E-state index contributed by atoms with van der Waals surface area (Å²) in [5, 5.41) is 10.8. The van der Waals surface area contributed by atoms with Crippen LogP contribution in [-0.4, -0.2) is 53.3 Å². The van der Waals surface area contributed by atoms with Gasteiger partial charge in [-0.25, -0.2) is 4.98 Å². The van der Waals surface area contributed by atoms with Gasteiger partial charge in [-0.15, -0.1) is 24.0 Å². The number of halogens is 2. The van der Waals surface area contributed by atoms with Gasteiger partial charge in [0.05, 0.1) is 6.54 Å². The van der Waals surface area contributed by atoms with Crippen LogP contribution in [0.1, 0.15) is 5.56 Å². The van der Waals surface area contributed by atoms with Crippen molar-refractivity contribution in [1.82, 2.24) is 25.4 Å². The smallest absolute Gasteiger partial charge is 0.193 e. The maximum absolute atomic E-state index is 5.97. The number of nitrogens with one attached hydrogen (secondary N) is 2. The van der Waals surface area contributed by atoms with Crippen LogP contribution in [0.25, 0.3) is 11.4 Å². The molecular formula is C20H24ClIN6O. The summed E-state index contributed by atoms with van der Waals surface area (Å²) < 4.78 is 5.75. The van der Waals surface area contributed by atoms with E-state index >= 15 is 0 Å². The first-order valence-corrected chi connectivity index (χ1v) is 9.28. The predicted molar refractivity (Wildman–Crippen MR) is 127 cm³/mol. The Balaban J connectivity index is 0.00000300. The monoisotopic (exact) mass is 526 g/mol. The summed E-state index contributed by atoms with van der Waals surface area (Å²) in [4.78, 5) is 10.6. The number of aliphatic imine (C=N–C) groups is 1. The molecule has 3 aromatic rings. The van der Waals surface area contributed by atoms with Crippen LogP contribution in [0.2, 0.25) is 5.02 Å². The molecule has 0 saturated heterocycles. The van der Waals surface area contributed by atoms with Crippen LogP contribution in [0.3, 0.4) is 0 Å². The minimum absolute atomic E-state index is 0. The van der Waals surface area contributed by atoms with Crippen molar-refractivity contribution in [1.29, 1.82) is 0 Å². The number of rotatable bonds is 7. The van der Waals surface area contributed by atoms with Crippen molar-refractivity contribution in [2.75, 3.05) is 27.2 Å². The third kappa shape index (κ3) is 6.90. The quantitative estimate of drug-likeness (QED) is 0.278. The molecule has 7 nitrogen and oxygen atoms in total. The van der Waals surface area contributed by atoms with Gasteiger partial charge in [0.1, 0.15) is 18.7 Å². The van der Waals surface area contributed by atoms with Crippen molar-refractivity contribution < 1.29 is 4.74 Å². The zero-order valence-electron chi connectivity index (χ0n) is 16.3. The topological polar surface area (TPSA) is 78.4 Å². The van der Waals surface area contributed by atoms with E-state index in [9.17, 15) is 0 Å². The Morgan fingerprint density at radius 3 is 2.79 bits per heavy atom. The minimum atomic E-state index is 0. The molecule has 0 atom stereocenters. The second kappa shape index (κ2) is 11.6. The zero-order chi connectivity index (χ0) is 19.8. The summed E-state index contributed by atoms with van der Waals surface area (Å²) in [7, 11) is 3.74. The molecule has 2 N–H and O–H groups in total. The van der Waals surface area contributed by atoms with Crippen LogP contribution in [0, 0.1) is 0 Å². The predicted octanol–water partition coefficient (Wildman–Crippen LogP) is 3.83. The number of ether oxygens (including phenoxy) is 1. The number of H-pyrrole nitrogens is 1. The first-order chi connectivity index (χ1) is 13.7. The van der Waals surface area contributed by atoms with Gasteiger partial charge in [0, 0.05) is 31.2 Å². The van der Waals surface area contributed by atoms with E-state index in [0.29, 0.717) is 24.7 Å². The summed E-state index contributed by atoms with van der Waals surface area (Å²) in [6.07, 6.45) is 1.50. The lowest BCUT2D eigenvalue weighted by Gasteiger charge is -2.22. The molecule has 0 unspecified atom stereocenters. The Bertz CT molecular complexity index is 919. The van der Waals surface area contributed by atoms with Gasteiger partial charge in [-0.05, 0) is 29.8 Å². The number of hydrogen-bond donors (Lipinski definition) is 2.